The second-order valence-corrected chi connectivity index (χ2v) is 4.44. The molecule has 1 aromatic carbocycles. The van der Waals surface area contributed by atoms with Crippen molar-refractivity contribution in [2.24, 2.45) is 7.05 Å². The van der Waals surface area contributed by atoms with Gasteiger partial charge in [0.05, 0.1) is 11.2 Å². The van der Waals surface area contributed by atoms with E-state index in [9.17, 15) is 4.79 Å². The molecule has 0 radical (unpaired) electrons. The van der Waals surface area contributed by atoms with Gasteiger partial charge in [-0.2, -0.15) is 0 Å². The lowest BCUT2D eigenvalue weighted by atomic mass is 10.2. The molecule has 0 aliphatic rings. The quantitative estimate of drug-likeness (QED) is 0.855. The second kappa shape index (κ2) is 6.21. The molecule has 2 rings (SSSR count). The highest BCUT2D eigenvalue weighted by Crippen LogP contribution is 2.26. The van der Waals surface area contributed by atoms with E-state index < -0.39 is 5.97 Å². The van der Waals surface area contributed by atoms with Crippen molar-refractivity contribution in [1.29, 1.82) is 0 Å². The van der Waals surface area contributed by atoms with Gasteiger partial charge in [0.1, 0.15) is 18.1 Å². The number of carboxylic acids is 1. The third-order valence-electron chi connectivity index (χ3n) is 2.40. The van der Waals surface area contributed by atoms with Crippen molar-refractivity contribution in [3.05, 3.63) is 46.8 Å². The molecule has 0 aliphatic carbocycles. The molecule has 0 amide bonds. The van der Waals surface area contributed by atoms with Crippen molar-refractivity contribution >= 4 is 23.6 Å². The van der Waals surface area contributed by atoms with Gasteiger partial charge in [-0.15, -0.1) is 5.10 Å². The molecular weight excluding hydrogens is 282 g/mol. The zero-order valence-corrected chi connectivity index (χ0v) is 11.4. The van der Waals surface area contributed by atoms with E-state index in [1.165, 1.54) is 6.08 Å². The van der Waals surface area contributed by atoms with Gasteiger partial charge in [-0.3, -0.25) is 4.68 Å². The molecule has 0 fully saturated rings. The van der Waals surface area contributed by atoms with Crippen LogP contribution in [0, 0.1) is 0 Å². The first-order chi connectivity index (χ1) is 9.54. The van der Waals surface area contributed by atoms with E-state index in [-0.39, 0.29) is 6.61 Å². The molecule has 7 heteroatoms. The summed E-state index contributed by atoms with van der Waals surface area (Å²) in [6.07, 6.45) is 4.25. The molecule has 0 atom stereocenters. The number of carbonyl (C=O) groups is 1. The molecule has 0 aliphatic heterocycles. The Kier molecular flexibility index (Phi) is 4.37. The smallest absolute Gasteiger partial charge is 0.328 e. The number of halogens is 1. The molecule has 0 saturated heterocycles. The maximum absolute atomic E-state index is 10.4. The molecule has 104 valence electrons. The highest BCUT2D eigenvalue weighted by Gasteiger charge is 2.04. The van der Waals surface area contributed by atoms with Crippen LogP contribution in [0.1, 0.15) is 11.3 Å². The van der Waals surface area contributed by atoms with Gasteiger partial charge < -0.3 is 9.84 Å². The van der Waals surface area contributed by atoms with Crippen LogP contribution in [0.3, 0.4) is 0 Å². The molecule has 1 N–H and O–H groups in total. The molecule has 1 aromatic heterocycles. The van der Waals surface area contributed by atoms with Crippen LogP contribution in [-0.2, 0) is 18.4 Å². The first kappa shape index (κ1) is 14.1. The van der Waals surface area contributed by atoms with Gasteiger partial charge in [0, 0.05) is 13.1 Å². The molecule has 20 heavy (non-hydrogen) atoms. The average Bonchev–Trinajstić information content (AvgIpc) is 2.81. The van der Waals surface area contributed by atoms with E-state index in [2.05, 4.69) is 10.3 Å². The highest BCUT2D eigenvalue weighted by molar-refractivity contribution is 6.32. The third kappa shape index (κ3) is 3.83. The second-order valence-electron chi connectivity index (χ2n) is 4.03. The first-order valence-electron chi connectivity index (χ1n) is 5.73. The minimum Gasteiger partial charge on any atom is -0.486 e. The molecule has 0 spiro atoms. The van der Waals surface area contributed by atoms with E-state index in [1.54, 1.807) is 36.1 Å². The van der Waals surface area contributed by atoms with Gasteiger partial charge in [-0.1, -0.05) is 22.9 Å². The molecule has 0 unspecified atom stereocenters. The Bertz CT molecular complexity index is 652. The Balaban J connectivity index is 2.04. The number of benzene rings is 1. The zero-order valence-electron chi connectivity index (χ0n) is 10.7. The van der Waals surface area contributed by atoms with Gasteiger partial charge in [0.25, 0.3) is 0 Å². The van der Waals surface area contributed by atoms with Crippen molar-refractivity contribution in [3.63, 3.8) is 0 Å². The summed E-state index contributed by atoms with van der Waals surface area (Å²) >= 11 is 6.07. The number of nitrogens with zero attached hydrogens (tertiary/aromatic N) is 3. The van der Waals surface area contributed by atoms with Gasteiger partial charge in [-0.05, 0) is 23.8 Å². The number of aliphatic carboxylic acids is 1. The van der Waals surface area contributed by atoms with Gasteiger partial charge in [0.15, 0.2) is 0 Å². The van der Waals surface area contributed by atoms with Crippen LogP contribution in [0.25, 0.3) is 6.08 Å². The molecule has 0 bridgehead atoms. The fourth-order valence-corrected chi connectivity index (χ4v) is 1.76. The van der Waals surface area contributed by atoms with E-state index in [4.69, 9.17) is 21.4 Å². The highest BCUT2D eigenvalue weighted by atomic mass is 35.5. The lowest BCUT2D eigenvalue weighted by Crippen LogP contribution is -1.96. The van der Waals surface area contributed by atoms with Crippen LogP contribution in [0.4, 0.5) is 0 Å². The number of hydrogen-bond donors (Lipinski definition) is 1. The minimum absolute atomic E-state index is 0.262. The maximum Gasteiger partial charge on any atom is 0.328 e. The van der Waals surface area contributed by atoms with E-state index in [0.717, 1.165) is 6.08 Å². The summed E-state index contributed by atoms with van der Waals surface area (Å²) in [6, 6.07) is 5.03. The van der Waals surface area contributed by atoms with E-state index >= 15 is 0 Å². The summed E-state index contributed by atoms with van der Waals surface area (Å²) in [5, 5.41) is 16.6. The minimum atomic E-state index is -1.01. The normalized spacial score (nSPS) is 10.9. The topological polar surface area (TPSA) is 77.2 Å². The largest absolute Gasteiger partial charge is 0.486 e. The van der Waals surface area contributed by atoms with Crippen molar-refractivity contribution < 1.29 is 14.6 Å². The zero-order chi connectivity index (χ0) is 14.5. The predicted octanol–water partition coefficient (Wildman–Crippen LogP) is 2.15. The summed E-state index contributed by atoms with van der Waals surface area (Å²) < 4.78 is 7.11. The molecule has 0 saturated carbocycles. The summed E-state index contributed by atoms with van der Waals surface area (Å²) in [5.74, 6) is -0.506. The molecule has 2 aromatic rings. The van der Waals surface area contributed by atoms with Crippen LogP contribution in [0.2, 0.25) is 5.02 Å². The van der Waals surface area contributed by atoms with Crippen molar-refractivity contribution in [3.8, 4) is 5.75 Å². The van der Waals surface area contributed by atoms with Crippen LogP contribution < -0.4 is 4.74 Å². The fraction of sp³-hybridized carbons (Fsp3) is 0.154. The maximum atomic E-state index is 10.4. The summed E-state index contributed by atoms with van der Waals surface area (Å²) in [5.41, 5.74) is 1.38. The Morgan fingerprint density at radius 2 is 2.35 bits per heavy atom. The van der Waals surface area contributed by atoms with Crippen molar-refractivity contribution in [2.45, 2.75) is 6.61 Å². The fourth-order valence-electron chi connectivity index (χ4n) is 1.52. The number of hydrogen-bond acceptors (Lipinski definition) is 4. The monoisotopic (exact) mass is 293 g/mol. The lowest BCUT2D eigenvalue weighted by Gasteiger charge is -2.06. The summed E-state index contributed by atoms with van der Waals surface area (Å²) in [7, 11) is 1.77. The average molecular weight is 294 g/mol. The van der Waals surface area contributed by atoms with Crippen LogP contribution in [0.5, 0.6) is 5.75 Å². The van der Waals surface area contributed by atoms with Gasteiger partial charge in [-0.25, -0.2) is 4.79 Å². The number of carboxylic acid groups (broad SMARTS) is 1. The predicted molar refractivity (Wildman–Crippen MR) is 73.5 cm³/mol. The lowest BCUT2D eigenvalue weighted by molar-refractivity contribution is -0.131. The van der Waals surface area contributed by atoms with Crippen LogP contribution >= 0.6 is 11.6 Å². The van der Waals surface area contributed by atoms with Crippen LogP contribution in [-0.4, -0.2) is 26.1 Å². The Labute approximate surface area is 120 Å². The SMILES string of the molecule is Cn1cc(COc2ccc(/C=C/C(=O)O)cc2Cl)nn1. The molecule has 6 nitrogen and oxygen atoms in total. The summed E-state index contributed by atoms with van der Waals surface area (Å²) in [4.78, 5) is 10.4. The summed E-state index contributed by atoms with van der Waals surface area (Å²) in [6.45, 7) is 0.262. The van der Waals surface area contributed by atoms with Crippen LogP contribution in [0.15, 0.2) is 30.5 Å². The molecular formula is C13H12ClN3O3. The first-order valence-corrected chi connectivity index (χ1v) is 6.11. The standard InChI is InChI=1S/C13H12ClN3O3/c1-17-7-10(15-16-17)8-20-12-4-2-9(6-11(12)14)3-5-13(18)19/h2-7H,8H2,1H3,(H,18,19)/b5-3+. The Morgan fingerprint density at radius 3 is 2.95 bits per heavy atom. The number of ether oxygens (including phenoxy) is 1. The van der Waals surface area contributed by atoms with Crippen molar-refractivity contribution in [2.75, 3.05) is 0 Å². The Hall–Kier alpha value is -2.34. The molecule has 1 heterocycles. The number of aromatic nitrogens is 3. The van der Waals surface area contributed by atoms with E-state index in [0.29, 0.717) is 22.0 Å². The van der Waals surface area contributed by atoms with Gasteiger partial charge in [0.2, 0.25) is 0 Å². The van der Waals surface area contributed by atoms with Gasteiger partial charge >= 0.3 is 5.97 Å². The Morgan fingerprint density at radius 1 is 1.55 bits per heavy atom. The number of aryl methyl sites for hydroxylation is 1. The van der Waals surface area contributed by atoms with Crippen molar-refractivity contribution in [1.82, 2.24) is 15.0 Å². The number of rotatable bonds is 5. The van der Waals surface area contributed by atoms with E-state index in [1.807, 2.05) is 0 Å². The third-order valence-corrected chi connectivity index (χ3v) is 2.70.